The molecular formula is C31H32N2O6S. The molecule has 1 amide bonds. The zero-order valence-corrected chi connectivity index (χ0v) is 23.4. The van der Waals surface area contributed by atoms with Gasteiger partial charge >= 0.3 is 5.97 Å². The summed E-state index contributed by atoms with van der Waals surface area (Å²) in [5.74, 6) is -1.17. The Morgan fingerprint density at radius 3 is 2.35 bits per heavy atom. The summed E-state index contributed by atoms with van der Waals surface area (Å²) < 4.78 is 34.9. The first kappa shape index (κ1) is 28.8. The molecule has 3 N–H and O–H groups in total. The van der Waals surface area contributed by atoms with Crippen LogP contribution in [0.2, 0.25) is 0 Å². The molecule has 1 atom stereocenters. The maximum absolute atomic E-state index is 13.3. The van der Waals surface area contributed by atoms with Gasteiger partial charge in [0.15, 0.2) is 0 Å². The van der Waals surface area contributed by atoms with Gasteiger partial charge in [0.25, 0.3) is 0 Å². The van der Waals surface area contributed by atoms with Crippen LogP contribution in [0.1, 0.15) is 38.3 Å². The van der Waals surface area contributed by atoms with Gasteiger partial charge in [-0.1, -0.05) is 68.5 Å². The first-order valence-corrected chi connectivity index (χ1v) is 14.4. The van der Waals surface area contributed by atoms with Crippen LogP contribution in [-0.2, 0) is 26.2 Å². The molecule has 1 aliphatic carbocycles. The van der Waals surface area contributed by atoms with Crippen LogP contribution in [-0.4, -0.2) is 31.4 Å². The number of hydrogen-bond acceptors (Lipinski definition) is 5. The van der Waals surface area contributed by atoms with E-state index in [1.165, 1.54) is 13.0 Å². The van der Waals surface area contributed by atoms with Crippen molar-refractivity contribution in [1.29, 1.82) is 0 Å². The summed E-state index contributed by atoms with van der Waals surface area (Å²) in [5.41, 5.74) is 4.70. The van der Waals surface area contributed by atoms with Crippen LogP contribution in [0, 0.1) is 5.92 Å². The van der Waals surface area contributed by atoms with Crippen molar-refractivity contribution < 1.29 is 27.9 Å². The molecular weight excluding hydrogens is 528 g/mol. The highest BCUT2D eigenvalue weighted by Gasteiger charge is 2.30. The lowest BCUT2D eigenvalue weighted by Crippen LogP contribution is -2.44. The fraction of sp³-hybridized carbons (Fsp3) is 0.226. The van der Waals surface area contributed by atoms with Gasteiger partial charge in [-0.15, -0.1) is 0 Å². The summed E-state index contributed by atoms with van der Waals surface area (Å²) in [5, 5.41) is 12.3. The maximum atomic E-state index is 13.3. The van der Waals surface area contributed by atoms with Crippen molar-refractivity contribution in [2.24, 2.45) is 5.92 Å². The Labute approximate surface area is 234 Å². The van der Waals surface area contributed by atoms with E-state index in [1.807, 2.05) is 54.6 Å². The lowest BCUT2D eigenvalue weighted by atomic mass is 9.98. The largest absolute Gasteiger partial charge is 0.489 e. The molecule has 40 heavy (non-hydrogen) atoms. The zero-order chi connectivity index (χ0) is 28.9. The predicted molar refractivity (Wildman–Crippen MR) is 155 cm³/mol. The van der Waals surface area contributed by atoms with Crippen LogP contribution in [0.4, 0.5) is 5.69 Å². The number of sulfonamides is 1. The standard InChI is InChI=1S/C31H32N2O6S/c1-20(2)30(31(35)36)33-40(37,38)29-16-15-25(17-28(29)24-7-4-5-8-24)23-13-11-22(12-14-23)19-39-27-10-6-9-26(18-27)32-21(3)34/h4-7,9-18,20,30,33H,8,19H2,1-3H3,(H,32,34)(H,35,36)/t30-/m1/s1. The number of nitrogens with one attached hydrogen (secondary N) is 2. The van der Waals surface area contributed by atoms with E-state index in [4.69, 9.17) is 4.74 Å². The van der Waals surface area contributed by atoms with Crippen molar-refractivity contribution in [1.82, 2.24) is 4.72 Å². The van der Waals surface area contributed by atoms with E-state index >= 15 is 0 Å². The number of carboxylic acid groups (broad SMARTS) is 1. The molecule has 8 nitrogen and oxygen atoms in total. The molecule has 0 fully saturated rings. The van der Waals surface area contributed by atoms with Gasteiger partial charge in [-0.2, -0.15) is 4.72 Å². The minimum Gasteiger partial charge on any atom is -0.489 e. The predicted octanol–water partition coefficient (Wildman–Crippen LogP) is 5.62. The molecule has 0 aliphatic heterocycles. The van der Waals surface area contributed by atoms with Gasteiger partial charge in [0.2, 0.25) is 15.9 Å². The molecule has 0 aromatic heterocycles. The molecule has 3 aromatic carbocycles. The number of carboxylic acids is 1. The summed E-state index contributed by atoms with van der Waals surface area (Å²) in [7, 11) is -4.11. The molecule has 0 spiro atoms. The number of allylic oxidation sites excluding steroid dienone is 4. The highest BCUT2D eigenvalue weighted by molar-refractivity contribution is 7.89. The van der Waals surface area contributed by atoms with E-state index in [2.05, 4.69) is 10.0 Å². The average Bonchev–Trinajstić information content (AvgIpc) is 3.45. The first-order chi connectivity index (χ1) is 19.0. The molecule has 0 saturated carbocycles. The molecule has 0 bridgehead atoms. The molecule has 9 heteroatoms. The number of anilines is 1. The fourth-order valence-corrected chi connectivity index (χ4v) is 5.93. The molecule has 4 rings (SSSR count). The number of carbonyl (C=O) groups is 2. The number of ether oxygens (including phenoxy) is 1. The minimum atomic E-state index is -4.11. The molecule has 0 unspecified atom stereocenters. The SMILES string of the molecule is CC(=O)Nc1cccc(OCc2ccc(-c3ccc(S(=O)(=O)N[C@@H](C(=O)O)C(C)C)c(C4=CC=CC4)c3)cc2)c1. The monoisotopic (exact) mass is 560 g/mol. The van der Waals surface area contributed by atoms with Crippen LogP contribution in [0.5, 0.6) is 5.75 Å². The highest BCUT2D eigenvalue weighted by atomic mass is 32.2. The van der Waals surface area contributed by atoms with Gasteiger partial charge in [0.05, 0.1) is 4.90 Å². The number of hydrogen-bond donors (Lipinski definition) is 3. The summed E-state index contributed by atoms with van der Waals surface area (Å²) in [6.45, 7) is 5.10. The summed E-state index contributed by atoms with van der Waals surface area (Å²) >= 11 is 0. The number of amides is 1. The topological polar surface area (TPSA) is 122 Å². The van der Waals surface area contributed by atoms with Crippen molar-refractivity contribution >= 4 is 33.2 Å². The highest BCUT2D eigenvalue weighted by Crippen LogP contribution is 2.33. The number of aliphatic carboxylic acids is 1. The third-order valence-electron chi connectivity index (χ3n) is 6.45. The van der Waals surface area contributed by atoms with Gasteiger partial charge < -0.3 is 15.2 Å². The second kappa shape index (κ2) is 12.3. The van der Waals surface area contributed by atoms with Crippen LogP contribution in [0.25, 0.3) is 16.7 Å². The quantitative estimate of drug-likeness (QED) is 0.280. The van der Waals surface area contributed by atoms with E-state index in [1.54, 1.807) is 38.1 Å². The Kier molecular flexibility index (Phi) is 8.86. The van der Waals surface area contributed by atoms with E-state index < -0.39 is 28.0 Å². The second-order valence-corrected chi connectivity index (χ2v) is 11.6. The van der Waals surface area contributed by atoms with Gasteiger partial charge in [-0.25, -0.2) is 8.42 Å². The third-order valence-corrected chi connectivity index (χ3v) is 7.95. The van der Waals surface area contributed by atoms with Gasteiger partial charge in [-0.3, -0.25) is 9.59 Å². The molecule has 0 heterocycles. The van der Waals surface area contributed by atoms with Crippen molar-refractivity contribution in [3.63, 3.8) is 0 Å². The number of rotatable bonds is 11. The van der Waals surface area contributed by atoms with Crippen LogP contribution in [0.15, 0.2) is 89.9 Å². The minimum absolute atomic E-state index is 0.0459. The normalized spacial score (nSPS) is 13.7. The Hall–Kier alpha value is -4.21. The number of benzene rings is 3. The van der Waals surface area contributed by atoms with E-state index in [9.17, 15) is 23.1 Å². The smallest absolute Gasteiger partial charge is 0.322 e. The Morgan fingerprint density at radius 2 is 1.73 bits per heavy atom. The van der Waals surface area contributed by atoms with Crippen LogP contribution >= 0.6 is 0 Å². The lowest BCUT2D eigenvalue weighted by Gasteiger charge is -2.20. The molecule has 0 saturated heterocycles. The Bertz CT molecular complexity index is 1570. The van der Waals surface area contributed by atoms with Crippen LogP contribution < -0.4 is 14.8 Å². The van der Waals surface area contributed by atoms with Crippen LogP contribution in [0.3, 0.4) is 0 Å². The maximum Gasteiger partial charge on any atom is 0.322 e. The third kappa shape index (κ3) is 7.05. The van der Waals surface area contributed by atoms with Gasteiger partial charge in [0.1, 0.15) is 18.4 Å². The zero-order valence-electron chi connectivity index (χ0n) is 22.5. The first-order valence-electron chi connectivity index (χ1n) is 12.9. The molecule has 0 radical (unpaired) electrons. The van der Waals surface area contributed by atoms with E-state index in [0.29, 0.717) is 30.0 Å². The van der Waals surface area contributed by atoms with Crippen molar-refractivity contribution in [3.8, 4) is 16.9 Å². The fourth-order valence-electron chi connectivity index (χ4n) is 4.37. The lowest BCUT2D eigenvalue weighted by molar-refractivity contribution is -0.140. The van der Waals surface area contributed by atoms with E-state index in [0.717, 1.165) is 22.3 Å². The molecule has 208 valence electrons. The molecule has 3 aromatic rings. The Morgan fingerprint density at radius 1 is 1.00 bits per heavy atom. The Balaban J connectivity index is 1.56. The van der Waals surface area contributed by atoms with Gasteiger partial charge in [0, 0.05) is 18.7 Å². The van der Waals surface area contributed by atoms with Crippen molar-refractivity contribution in [2.45, 2.75) is 44.7 Å². The number of carbonyl (C=O) groups excluding carboxylic acids is 1. The molecule has 1 aliphatic rings. The van der Waals surface area contributed by atoms with Crippen molar-refractivity contribution in [2.75, 3.05) is 5.32 Å². The summed E-state index contributed by atoms with van der Waals surface area (Å²) in [6.07, 6.45) is 6.27. The van der Waals surface area contributed by atoms with Crippen molar-refractivity contribution in [3.05, 3.63) is 96.1 Å². The summed E-state index contributed by atoms with van der Waals surface area (Å²) in [6, 6.07) is 18.8. The van der Waals surface area contributed by atoms with E-state index in [-0.39, 0.29) is 10.8 Å². The van der Waals surface area contributed by atoms with Gasteiger partial charge in [-0.05, 0) is 64.4 Å². The average molecular weight is 561 g/mol. The second-order valence-electron chi connectivity index (χ2n) is 9.91. The summed E-state index contributed by atoms with van der Waals surface area (Å²) in [4.78, 5) is 23.0.